The first-order chi connectivity index (χ1) is 14.1. The number of carbonyl (C=O) groups excluding carboxylic acids is 1. The zero-order valence-corrected chi connectivity index (χ0v) is 16.7. The molecule has 0 amide bonds. The topological polar surface area (TPSA) is 48.4 Å². The van der Waals surface area contributed by atoms with Crippen molar-refractivity contribution in [2.24, 2.45) is 0 Å². The Hall–Kier alpha value is -2.95. The molecule has 0 unspecified atom stereocenters. The van der Waals surface area contributed by atoms with Crippen molar-refractivity contribution >= 4 is 16.7 Å². The second kappa shape index (κ2) is 8.19. The lowest BCUT2D eigenvalue weighted by Crippen LogP contribution is -2.14. The minimum absolute atomic E-state index is 0.275. The van der Waals surface area contributed by atoms with Crippen LogP contribution in [0.2, 0.25) is 0 Å². The normalized spacial score (nSPS) is 14.7. The van der Waals surface area contributed by atoms with Gasteiger partial charge in [0, 0.05) is 16.9 Å². The van der Waals surface area contributed by atoms with Crippen molar-refractivity contribution in [3.8, 4) is 16.9 Å². The highest BCUT2D eigenvalue weighted by molar-refractivity contribution is 6.07. The molecule has 0 aliphatic heterocycles. The van der Waals surface area contributed by atoms with Crippen molar-refractivity contribution in [2.45, 2.75) is 38.0 Å². The van der Waals surface area contributed by atoms with Gasteiger partial charge >= 0.3 is 5.97 Å². The van der Waals surface area contributed by atoms with Crippen molar-refractivity contribution in [2.75, 3.05) is 14.2 Å². The van der Waals surface area contributed by atoms with E-state index >= 15 is 0 Å². The number of methoxy groups -OCH3 is 2. The second-order valence-corrected chi connectivity index (χ2v) is 7.47. The molecule has 1 aliphatic carbocycles. The summed E-state index contributed by atoms with van der Waals surface area (Å²) in [4.78, 5) is 17.5. The van der Waals surface area contributed by atoms with Gasteiger partial charge in [0.25, 0.3) is 0 Å². The maximum absolute atomic E-state index is 13.5. The van der Waals surface area contributed by atoms with Crippen molar-refractivity contribution in [3.63, 3.8) is 0 Å². The Morgan fingerprint density at radius 3 is 2.38 bits per heavy atom. The van der Waals surface area contributed by atoms with Crippen molar-refractivity contribution in [1.82, 2.24) is 4.98 Å². The summed E-state index contributed by atoms with van der Waals surface area (Å²) in [5.74, 6) is 0.224. The summed E-state index contributed by atoms with van der Waals surface area (Å²) in [6.45, 7) is 0. The van der Waals surface area contributed by atoms with Crippen LogP contribution in [0.4, 0.5) is 4.39 Å². The lowest BCUT2D eigenvalue weighted by atomic mass is 9.83. The molecule has 1 aromatic heterocycles. The third-order valence-electron chi connectivity index (χ3n) is 5.74. The van der Waals surface area contributed by atoms with Crippen LogP contribution < -0.4 is 4.74 Å². The summed E-state index contributed by atoms with van der Waals surface area (Å²) in [5, 5.41) is 1.87. The number of halogens is 1. The maximum Gasteiger partial charge on any atom is 0.357 e. The van der Waals surface area contributed by atoms with Gasteiger partial charge in [-0.15, -0.1) is 0 Å². The number of aromatic nitrogens is 1. The third kappa shape index (κ3) is 3.69. The minimum atomic E-state index is -0.487. The largest absolute Gasteiger partial charge is 0.497 e. The summed E-state index contributed by atoms with van der Waals surface area (Å²) < 4.78 is 24.0. The van der Waals surface area contributed by atoms with Crippen LogP contribution in [-0.2, 0) is 4.74 Å². The summed E-state index contributed by atoms with van der Waals surface area (Å²) in [6, 6.07) is 11.9. The number of pyridine rings is 1. The van der Waals surface area contributed by atoms with E-state index in [2.05, 4.69) is 0 Å². The monoisotopic (exact) mass is 393 g/mol. The fourth-order valence-electron chi connectivity index (χ4n) is 4.28. The zero-order valence-electron chi connectivity index (χ0n) is 16.7. The number of ether oxygens (including phenoxy) is 2. The predicted molar refractivity (Wildman–Crippen MR) is 111 cm³/mol. The van der Waals surface area contributed by atoms with Crippen LogP contribution in [0.25, 0.3) is 21.9 Å². The van der Waals surface area contributed by atoms with E-state index in [1.807, 2.05) is 18.2 Å². The Bertz CT molecular complexity index is 1040. The van der Waals surface area contributed by atoms with Crippen LogP contribution in [0.1, 0.15) is 54.2 Å². The molecule has 0 atom stereocenters. The Labute approximate surface area is 169 Å². The number of benzene rings is 2. The number of hydrogen-bond donors (Lipinski definition) is 0. The quantitative estimate of drug-likeness (QED) is 0.519. The van der Waals surface area contributed by atoms with E-state index in [1.54, 1.807) is 19.2 Å². The van der Waals surface area contributed by atoms with Gasteiger partial charge < -0.3 is 9.47 Å². The van der Waals surface area contributed by atoms with Crippen molar-refractivity contribution < 1.29 is 18.7 Å². The summed E-state index contributed by atoms with van der Waals surface area (Å²) in [6.07, 6.45) is 5.65. The van der Waals surface area contributed by atoms with Gasteiger partial charge in [0.1, 0.15) is 11.6 Å². The maximum atomic E-state index is 13.5. The summed E-state index contributed by atoms with van der Waals surface area (Å²) in [5.41, 5.74) is 2.58. The van der Waals surface area contributed by atoms with Gasteiger partial charge in [-0.2, -0.15) is 0 Å². The van der Waals surface area contributed by atoms with Crippen LogP contribution >= 0.6 is 0 Å². The van der Waals surface area contributed by atoms with E-state index < -0.39 is 5.97 Å². The Balaban J connectivity index is 2.04. The average Bonchev–Trinajstić information content (AvgIpc) is 2.78. The number of nitrogens with zero attached hydrogens (tertiary/aromatic N) is 1. The number of rotatable bonds is 4. The van der Waals surface area contributed by atoms with Crippen molar-refractivity contribution in [3.05, 3.63) is 59.7 Å². The highest BCUT2D eigenvalue weighted by Crippen LogP contribution is 2.41. The van der Waals surface area contributed by atoms with Crippen LogP contribution in [0.3, 0.4) is 0 Å². The van der Waals surface area contributed by atoms with Crippen LogP contribution in [0.5, 0.6) is 5.75 Å². The average molecular weight is 393 g/mol. The van der Waals surface area contributed by atoms with Crippen LogP contribution in [-0.4, -0.2) is 25.2 Å². The van der Waals surface area contributed by atoms with Gasteiger partial charge in [-0.25, -0.2) is 14.2 Å². The Morgan fingerprint density at radius 1 is 1.00 bits per heavy atom. The molecule has 2 aromatic carbocycles. The molecule has 1 saturated carbocycles. The molecule has 0 N–H and O–H groups in total. The summed E-state index contributed by atoms with van der Waals surface area (Å²) >= 11 is 0. The molecule has 0 spiro atoms. The zero-order chi connectivity index (χ0) is 20.4. The van der Waals surface area contributed by atoms with Gasteiger partial charge in [-0.3, -0.25) is 0 Å². The lowest BCUT2D eigenvalue weighted by molar-refractivity contribution is 0.0595. The first kappa shape index (κ1) is 19.4. The molecular weight excluding hydrogens is 369 g/mol. The van der Waals surface area contributed by atoms with Gasteiger partial charge in [0.05, 0.1) is 19.9 Å². The minimum Gasteiger partial charge on any atom is -0.497 e. The van der Waals surface area contributed by atoms with E-state index in [0.29, 0.717) is 11.5 Å². The Kier molecular flexibility index (Phi) is 5.47. The fourth-order valence-corrected chi connectivity index (χ4v) is 4.28. The molecule has 5 heteroatoms. The second-order valence-electron chi connectivity index (χ2n) is 7.47. The standard InChI is InChI=1S/C24H24FNO3/c1-28-18-12-13-19-20(14-18)22(16-6-4-3-5-7-16)26-23(24(27)29-2)21(19)15-8-10-17(25)11-9-15/h8-14,16H,3-7H2,1-2H3. The number of fused-ring (bicyclic) bond motifs is 1. The van der Waals surface area contributed by atoms with Crippen LogP contribution in [0.15, 0.2) is 42.5 Å². The highest BCUT2D eigenvalue weighted by Gasteiger charge is 2.26. The van der Waals surface area contributed by atoms with Crippen molar-refractivity contribution in [1.29, 1.82) is 0 Å². The van der Waals surface area contributed by atoms with E-state index in [4.69, 9.17) is 14.5 Å². The molecule has 1 fully saturated rings. The molecule has 150 valence electrons. The van der Waals surface area contributed by atoms with Crippen LogP contribution in [0, 0.1) is 5.82 Å². The number of hydrogen-bond acceptors (Lipinski definition) is 4. The molecule has 1 heterocycles. The molecule has 4 nitrogen and oxygen atoms in total. The van der Waals surface area contributed by atoms with Gasteiger partial charge in [0.2, 0.25) is 0 Å². The molecule has 3 aromatic rings. The summed E-state index contributed by atoms with van der Waals surface area (Å²) in [7, 11) is 3.00. The Morgan fingerprint density at radius 2 is 1.72 bits per heavy atom. The molecule has 1 aliphatic rings. The van der Waals surface area contributed by atoms with Gasteiger partial charge in [-0.1, -0.05) is 31.4 Å². The van der Waals surface area contributed by atoms with E-state index in [0.717, 1.165) is 53.5 Å². The van der Waals surface area contributed by atoms with E-state index in [1.165, 1.54) is 25.7 Å². The smallest absolute Gasteiger partial charge is 0.357 e. The molecule has 29 heavy (non-hydrogen) atoms. The highest BCUT2D eigenvalue weighted by atomic mass is 19.1. The third-order valence-corrected chi connectivity index (χ3v) is 5.74. The number of carbonyl (C=O) groups is 1. The first-order valence-corrected chi connectivity index (χ1v) is 9.98. The van der Waals surface area contributed by atoms with Gasteiger partial charge in [0.15, 0.2) is 5.69 Å². The molecule has 4 rings (SSSR count). The molecular formula is C24H24FNO3. The fraction of sp³-hybridized carbons (Fsp3) is 0.333. The molecule has 0 radical (unpaired) electrons. The SMILES string of the molecule is COC(=O)c1nc(C2CCCCC2)c2cc(OC)ccc2c1-c1ccc(F)cc1. The molecule has 0 bridgehead atoms. The predicted octanol–water partition coefficient (Wildman–Crippen LogP) is 5.88. The van der Waals surface area contributed by atoms with Gasteiger partial charge in [-0.05, 0) is 54.1 Å². The van der Waals surface area contributed by atoms with E-state index in [-0.39, 0.29) is 11.5 Å². The lowest BCUT2D eigenvalue weighted by Gasteiger charge is -2.24. The number of esters is 1. The van der Waals surface area contributed by atoms with E-state index in [9.17, 15) is 9.18 Å². The first-order valence-electron chi connectivity index (χ1n) is 9.98. The molecule has 0 saturated heterocycles.